The van der Waals surface area contributed by atoms with E-state index < -0.39 is 0 Å². The van der Waals surface area contributed by atoms with Gasteiger partial charge in [-0.05, 0) is 48.5 Å². The molecule has 7 nitrogen and oxygen atoms in total. The number of H-pyrrole nitrogens is 2. The lowest BCUT2D eigenvalue weighted by Gasteiger charge is -2.28. The predicted octanol–water partition coefficient (Wildman–Crippen LogP) is 4.00. The molecule has 30 heavy (non-hydrogen) atoms. The lowest BCUT2D eigenvalue weighted by molar-refractivity contribution is 0.122. The van der Waals surface area contributed by atoms with Crippen LogP contribution in [0.15, 0.2) is 60.8 Å². The van der Waals surface area contributed by atoms with E-state index in [9.17, 15) is 0 Å². The lowest BCUT2D eigenvalue weighted by atomic mass is 10.2. The fourth-order valence-electron chi connectivity index (χ4n) is 3.93. The van der Waals surface area contributed by atoms with Gasteiger partial charge in [0.15, 0.2) is 5.82 Å². The van der Waals surface area contributed by atoms with Gasteiger partial charge in [0, 0.05) is 30.5 Å². The number of nitrogens with one attached hydrogen (secondary N) is 2. The van der Waals surface area contributed by atoms with Crippen LogP contribution in [0.5, 0.6) is 0 Å². The summed E-state index contributed by atoms with van der Waals surface area (Å²) in [5, 5.41) is 0. The summed E-state index contributed by atoms with van der Waals surface area (Å²) in [6.45, 7) is 3.37. The van der Waals surface area contributed by atoms with Crippen LogP contribution in [0.25, 0.3) is 45.0 Å². The van der Waals surface area contributed by atoms with Crippen molar-refractivity contribution in [3.05, 3.63) is 60.8 Å². The quantitative estimate of drug-likeness (QED) is 0.482. The zero-order valence-corrected chi connectivity index (χ0v) is 16.3. The largest absolute Gasteiger partial charge is 0.378 e. The number of fused-ring (bicyclic) bond motifs is 2. The van der Waals surface area contributed by atoms with Crippen molar-refractivity contribution in [2.75, 3.05) is 31.2 Å². The second-order valence-electron chi connectivity index (χ2n) is 7.42. The summed E-state index contributed by atoms with van der Waals surface area (Å²) in [4.78, 5) is 23.1. The van der Waals surface area contributed by atoms with Crippen LogP contribution in [0.2, 0.25) is 0 Å². The maximum atomic E-state index is 5.46. The highest BCUT2D eigenvalue weighted by molar-refractivity contribution is 5.86. The first-order chi connectivity index (χ1) is 14.8. The minimum Gasteiger partial charge on any atom is -0.378 e. The van der Waals surface area contributed by atoms with Crippen molar-refractivity contribution in [3.63, 3.8) is 0 Å². The topological polar surface area (TPSA) is 82.7 Å². The average Bonchev–Trinajstić information content (AvgIpc) is 3.43. The second kappa shape index (κ2) is 6.96. The van der Waals surface area contributed by atoms with Crippen molar-refractivity contribution in [1.82, 2.24) is 24.9 Å². The van der Waals surface area contributed by atoms with Crippen LogP contribution in [-0.4, -0.2) is 51.2 Å². The fourth-order valence-corrected chi connectivity index (χ4v) is 3.93. The summed E-state index contributed by atoms with van der Waals surface area (Å²) in [5.41, 5.74) is 6.88. The number of aromatic nitrogens is 5. The van der Waals surface area contributed by atoms with Crippen LogP contribution in [0.4, 0.5) is 5.69 Å². The number of imidazole rings is 2. The van der Waals surface area contributed by atoms with Gasteiger partial charge in [0.1, 0.15) is 11.5 Å². The molecule has 0 radical (unpaired) electrons. The van der Waals surface area contributed by atoms with Crippen LogP contribution in [0.3, 0.4) is 0 Å². The summed E-state index contributed by atoms with van der Waals surface area (Å²) >= 11 is 0. The third-order valence-electron chi connectivity index (χ3n) is 5.51. The van der Waals surface area contributed by atoms with Crippen molar-refractivity contribution in [2.45, 2.75) is 0 Å². The molecule has 0 amide bonds. The minimum absolute atomic E-state index is 0.766. The molecule has 0 bridgehead atoms. The Balaban J connectivity index is 1.36. The number of morpholine rings is 1. The first kappa shape index (κ1) is 17.2. The number of ether oxygens (including phenoxy) is 1. The van der Waals surface area contributed by atoms with Crippen LogP contribution < -0.4 is 4.90 Å². The smallest absolute Gasteiger partial charge is 0.157 e. The average molecular weight is 396 g/mol. The molecule has 0 atom stereocenters. The number of rotatable bonds is 3. The van der Waals surface area contributed by atoms with E-state index in [0.717, 1.165) is 71.3 Å². The lowest BCUT2D eigenvalue weighted by Crippen LogP contribution is -2.36. The van der Waals surface area contributed by atoms with E-state index in [1.165, 1.54) is 5.69 Å². The highest BCUT2D eigenvalue weighted by Gasteiger charge is 2.14. The molecule has 0 aliphatic carbocycles. The van der Waals surface area contributed by atoms with Crippen molar-refractivity contribution in [1.29, 1.82) is 0 Å². The number of pyridine rings is 1. The molecule has 4 heterocycles. The Morgan fingerprint density at radius 3 is 2.40 bits per heavy atom. The molecule has 0 saturated carbocycles. The van der Waals surface area contributed by atoms with Crippen molar-refractivity contribution in [3.8, 4) is 22.9 Å². The van der Waals surface area contributed by atoms with E-state index in [1.54, 1.807) is 6.20 Å². The summed E-state index contributed by atoms with van der Waals surface area (Å²) in [5.74, 6) is 1.61. The SMILES string of the molecule is c1ccc(-c2nc3cc(-c4nc5cc(N6CCOCC6)ccc5[nH]4)ccc3[nH]2)nc1. The highest BCUT2D eigenvalue weighted by Crippen LogP contribution is 2.27. The van der Waals surface area contributed by atoms with Gasteiger partial charge in [0.05, 0.1) is 35.3 Å². The summed E-state index contributed by atoms with van der Waals surface area (Å²) < 4.78 is 5.46. The molecule has 0 unspecified atom stereocenters. The van der Waals surface area contributed by atoms with Gasteiger partial charge in [-0.3, -0.25) is 4.98 Å². The van der Waals surface area contributed by atoms with E-state index in [-0.39, 0.29) is 0 Å². The Bertz CT molecular complexity index is 1330. The van der Waals surface area contributed by atoms with E-state index in [1.807, 2.05) is 24.3 Å². The molecule has 2 N–H and O–H groups in total. The van der Waals surface area contributed by atoms with Gasteiger partial charge in [-0.1, -0.05) is 6.07 Å². The maximum absolute atomic E-state index is 5.46. The third-order valence-corrected chi connectivity index (χ3v) is 5.51. The highest BCUT2D eigenvalue weighted by atomic mass is 16.5. The van der Waals surface area contributed by atoms with Gasteiger partial charge in [0.2, 0.25) is 0 Å². The third kappa shape index (κ3) is 3.00. The van der Waals surface area contributed by atoms with Crippen LogP contribution in [0.1, 0.15) is 0 Å². The number of nitrogens with zero attached hydrogens (tertiary/aromatic N) is 4. The number of hydrogen-bond donors (Lipinski definition) is 2. The number of anilines is 1. The second-order valence-corrected chi connectivity index (χ2v) is 7.42. The van der Waals surface area contributed by atoms with Gasteiger partial charge < -0.3 is 19.6 Å². The molecule has 7 heteroatoms. The molecule has 0 spiro atoms. The Hall–Kier alpha value is -3.71. The Morgan fingerprint density at radius 2 is 1.57 bits per heavy atom. The molecular weight excluding hydrogens is 376 g/mol. The summed E-state index contributed by atoms with van der Waals surface area (Å²) in [6.07, 6.45) is 1.77. The monoisotopic (exact) mass is 396 g/mol. The maximum Gasteiger partial charge on any atom is 0.157 e. The minimum atomic E-state index is 0.766. The van der Waals surface area contributed by atoms with Gasteiger partial charge in [-0.15, -0.1) is 0 Å². The van der Waals surface area contributed by atoms with Crippen molar-refractivity contribution in [2.24, 2.45) is 0 Å². The molecule has 148 valence electrons. The standard InChI is InChI=1S/C23H20N6O/c1-2-8-24-19(3-1)23-26-17-6-4-15(13-20(17)28-23)22-25-18-7-5-16(14-21(18)27-22)29-9-11-30-12-10-29/h1-8,13-14H,9-12H2,(H,25,27)(H,26,28). The molecule has 3 aromatic heterocycles. The number of benzene rings is 2. The Kier molecular flexibility index (Phi) is 3.99. The first-order valence-electron chi connectivity index (χ1n) is 10.1. The van der Waals surface area contributed by atoms with E-state index in [4.69, 9.17) is 14.7 Å². The zero-order chi connectivity index (χ0) is 19.9. The molecule has 5 aromatic rings. The van der Waals surface area contributed by atoms with Crippen molar-refractivity contribution >= 4 is 27.8 Å². The van der Waals surface area contributed by atoms with Gasteiger partial charge in [-0.25, -0.2) is 9.97 Å². The number of aromatic amines is 2. The molecule has 1 fully saturated rings. The molecule has 6 rings (SSSR count). The zero-order valence-electron chi connectivity index (χ0n) is 16.3. The van der Waals surface area contributed by atoms with Gasteiger partial charge in [-0.2, -0.15) is 0 Å². The normalized spacial score (nSPS) is 14.6. The Morgan fingerprint density at radius 1 is 0.800 bits per heavy atom. The van der Waals surface area contributed by atoms with E-state index in [2.05, 4.69) is 50.2 Å². The number of hydrogen-bond acceptors (Lipinski definition) is 5. The predicted molar refractivity (Wildman–Crippen MR) is 117 cm³/mol. The van der Waals surface area contributed by atoms with Gasteiger partial charge in [0.25, 0.3) is 0 Å². The van der Waals surface area contributed by atoms with Crippen LogP contribution in [0, 0.1) is 0 Å². The molecule has 1 saturated heterocycles. The molecular formula is C23H20N6O. The van der Waals surface area contributed by atoms with Gasteiger partial charge >= 0.3 is 0 Å². The fraction of sp³-hybridized carbons (Fsp3) is 0.174. The van der Waals surface area contributed by atoms with Crippen LogP contribution in [-0.2, 0) is 4.74 Å². The van der Waals surface area contributed by atoms with E-state index >= 15 is 0 Å². The van der Waals surface area contributed by atoms with Crippen LogP contribution >= 0.6 is 0 Å². The van der Waals surface area contributed by atoms with Crippen molar-refractivity contribution < 1.29 is 4.74 Å². The molecule has 1 aliphatic heterocycles. The first-order valence-corrected chi connectivity index (χ1v) is 10.1. The van der Waals surface area contributed by atoms with E-state index in [0.29, 0.717) is 0 Å². The summed E-state index contributed by atoms with van der Waals surface area (Å²) in [6, 6.07) is 18.3. The summed E-state index contributed by atoms with van der Waals surface area (Å²) in [7, 11) is 0. The molecule has 1 aliphatic rings. The Labute approximate surface area is 172 Å². The molecule has 2 aromatic carbocycles.